The highest BCUT2D eigenvalue weighted by Gasteiger charge is 2.33. The minimum absolute atomic E-state index is 0.116. The number of aromatic nitrogens is 1. The minimum atomic E-state index is -0.854. The van der Waals surface area contributed by atoms with Crippen LogP contribution in [0, 0.1) is 11.8 Å². The van der Waals surface area contributed by atoms with Crippen LogP contribution in [-0.2, 0) is 25.5 Å². The molecule has 0 radical (unpaired) electrons. The van der Waals surface area contributed by atoms with Gasteiger partial charge in [0.25, 0.3) is 0 Å². The number of carbonyl (C=O) groups excluding carboxylic acids is 2. The molecule has 6 nitrogen and oxygen atoms in total. The second-order valence-corrected chi connectivity index (χ2v) is 8.83. The number of carbonyl (C=O) groups is 2. The Morgan fingerprint density at radius 3 is 1.94 bits per heavy atom. The van der Waals surface area contributed by atoms with E-state index in [9.17, 15) is 9.59 Å². The number of benzene rings is 2. The van der Waals surface area contributed by atoms with Crippen LogP contribution < -0.4 is 0 Å². The number of hydrogen-bond donors (Lipinski definition) is 0. The van der Waals surface area contributed by atoms with E-state index in [1.165, 1.54) is 14.2 Å². The van der Waals surface area contributed by atoms with Crippen LogP contribution >= 0.6 is 0 Å². The Labute approximate surface area is 207 Å². The summed E-state index contributed by atoms with van der Waals surface area (Å²) < 4.78 is 15.7. The molecule has 3 aromatic rings. The number of unbranched alkanes of at least 4 members (excludes halogenated alkanes) is 4. The number of methoxy groups -OCH3 is 2. The van der Waals surface area contributed by atoms with Crippen molar-refractivity contribution in [3.63, 3.8) is 0 Å². The Balaban J connectivity index is 1.48. The van der Waals surface area contributed by atoms with E-state index in [1.54, 1.807) is 0 Å². The van der Waals surface area contributed by atoms with Gasteiger partial charge in [0, 0.05) is 17.5 Å². The van der Waals surface area contributed by atoms with Crippen molar-refractivity contribution >= 4 is 11.9 Å². The zero-order valence-electron chi connectivity index (χ0n) is 20.9. The Kier molecular flexibility index (Phi) is 10.1. The lowest BCUT2D eigenvalue weighted by Crippen LogP contribution is -2.32. The third-order valence-electron chi connectivity index (χ3n) is 6.28. The zero-order chi connectivity index (χ0) is 25.0. The Morgan fingerprint density at radius 1 is 0.800 bits per heavy atom. The van der Waals surface area contributed by atoms with E-state index in [0.29, 0.717) is 0 Å². The molecular weight excluding hydrogens is 442 g/mol. The quantitative estimate of drug-likeness (QED) is 0.159. The van der Waals surface area contributed by atoms with Gasteiger partial charge in [0.05, 0.1) is 14.2 Å². The fraction of sp³-hybridized carbons (Fsp3) is 0.414. The number of oxazole rings is 1. The van der Waals surface area contributed by atoms with Gasteiger partial charge in [-0.1, -0.05) is 93.3 Å². The van der Waals surface area contributed by atoms with Crippen molar-refractivity contribution < 1.29 is 23.5 Å². The molecule has 0 saturated heterocycles. The average Bonchev–Trinajstić information content (AvgIpc) is 3.33. The molecule has 0 aliphatic heterocycles. The van der Waals surface area contributed by atoms with Gasteiger partial charge in [0.15, 0.2) is 17.6 Å². The summed E-state index contributed by atoms with van der Waals surface area (Å²) in [5, 5.41) is 0. The minimum Gasteiger partial charge on any atom is -0.468 e. The van der Waals surface area contributed by atoms with Crippen LogP contribution in [0.3, 0.4) is 0 Å². The van der Waals surface area contributed by atoms with E-state index in [0.717, 1.165) is 73.4 Å². The van der Waals surface area contributed by atoms with Gasteiger partial charge in [0.2, 0.25) is 0 Å². The summed E-state index contributed by atoms with van der Waals surface area (Å²) >= 11 is 0. The SMILES string of the molecule is COC(=O)C(C(=O)OC)C(C)CCCCCCCc1nc(-c2ccccc2)c(-c2ccccc2)o1. The van der Waals surface area contributed by atoms with E-state index >= 15 is 0 Å². The first-order valence-electron chi connectivity index (χ1n) is 12.3. The maximum atomic E-state index is 11.9. The third kappa shape index (κ3) is 7.28. The number of ether oxygens (including phenoxy) is 2. The van der Waals surface area contributed by atoms with E-state index in [4.69, 9.17) is 18.9 Å². The second-order valence-electron chi connectivity index (χ2n) is 8.83. The molecule has 35 heavy (non-hydrogen) atoms. The topological polar surface area (TPSA) is 78.6 Å². The molecule has 0 saturated carbocycles. The van der Waals surface area contributed by atoms with Crippen molar-refractivity contribution in [2.75, 3.05) is 14.2 Å². The highest BCUT2D eigenvalue weighted by atomic mass is 16.5. The van der Waals surface area contributed by atoms with Crippen LogP contribution in [0.15, 0.2) is 65.1 Å². The van der Waals surface area contributed by atoms with Crippen LogP contribution in [0.2, 0.25) is 0 Å². The standard InChI is InChI=1S/C29H35NO5/c1-21(25(28(31)33-2)29(32)34-3)15-9-5-4-6-14-20-24-30-26(22-16-10-7-11-17-22)27(35-24)23-18-12-8-13-19-23/h7-8,10-13,16-19,21,25H,4-6,9,14-15,20H2,1-3H3. The van der Waals surface area contributed by atoms with Crippen molar-refractivity contribution in [1.29, 1.82) is 0 Å². The fourth-order valence-corrected chi connectivity index (χ4v) is 4.30. The molecule has 0 aliphatic rings. The van der Waals surface area contributed by atoms with Crippen LogP contribution in [-0.4, -0.2) is 31.1 Å². The normalized spacial score (nSPS) is 11.9. The summed E-state index contributed by atoms with van der Waals surface area (Å²) in [4.78, 5) is 28.7. The number of rotatable bonds is 13. The largest absolute Gasteiger partial charge is 0.468 e. The average molecular weight is 478 g/mol. The van der Waals surface area contributed by atoms with Gasteiger partial charge in [-0.05, 0) is 18.8 Å². The van der Waals surface area contributed by atoms with E-state index in [1.807, 2.05) is 55.5 Å². The number of esters is 2. The lowest BCUT2D eigenvalue weighted by atomic mass is 9.89. The number of aryl methyl sites for hydroxylation is 1. The number of hydrogen-bond acceptors (Lipinski definition) is 6. The molecule has 2 aromatic carbocycles. The smallest absolute Gasteiger partial charge is 0.320 e. The van der Waals surface area contributed by atoms with E-state index in [-0.39, 0.29) is 5.92 Å². The van der Waals surface area contributed by atoms with Gasteiger partial charge >= 0.3 is 11.9 Å². The molecule has 1 atom stereocenters. The molecule has 1 aromatic heterocycles. The van der Waals surface area contributed by atoms with E-state index in [2.05, 4.69) is 12.1 Å². The van der Waals surface area contributed by atoms with Crippen LogP contribution in [0.25, 0.3) is 22.6 Å². The summed E-state index contributed by atoms with van der Waals surface area (Å²) in [6.45, 7) is 1.90. The van der Waals surface area contributed by atoms with Crippen LogP contribution in [0.4, 0.5) is 0 Å². The lowest BCUT2D eigenvalue weighted by molar-refractivity contribution is -0.161. The Morgan fingerprint density at radius 2 is 1.34 bits per heavy atom. The summed E-state index contributed by atoms with van der Waals surface area (Å²) in [5.74, 6) is -0.454. The van der Waals surface area contributed by atoms with Gasteiger partial charge in [-0.2, -0.15) is 0 Å². The summed E-state index contributed by atoms with van der Waals surface area (Å²) in [7, 11) is 2.59. The van der Waals surface area contributed by atoms with Gasteiger partial charge in [-0.15, -0.1) is 0 Å². The summed E-state index contributed by atoms with van der Waals surface area (Å²) in [6.07, 6.45) is 6.68. The van der Waals surface area contributed by atoms with Crippen molar-refractivity contribution in [2.45, 2.75) is 51.9 Å². The van der Waals surface area contributed by atoms with Crippen LogP contribution in [0.5, 0.6) is 0 Å². The van der Waals surface area contributed by atoms with Crippen molar-refractivity contribution in [1.82, 2.24) is 4.98 Å². The monoisotopic (exact) mass is 477 g/mol. The van der Waals surface area contributed by atoms with Crippen molar-refractivity contribution in [3.8, 4) is 22.6 Å². The Hall–Kier alpha value is -3.41. The first kappa shape index (κ1) is 26.2. The first-order valence-corrected chi connectivity index (χ1v) is 12.3. The lowest BCUT2D eigenvalue weighted by Gasteiger charge is -2.19. The molecule has 0 amide bonds. The maximum absolute atomic E-state index is 11.9. The molecule has 0 bridgehead atoms. The number of nitrogens with zero attached hydrogens (tertiary/aromatic N) is 1. The zero-order valence-corrected chi connectivity index (χ0v) is 20.9. The molecule has 3 rings (SSSR count). The predicted molar refractivity (Wildman–Crippen MR) is 135 cm³/mol. The first-order chi connectivity index (χ1) is 17.0. The molecule has 0 fully saturated rings. The predicted octanol–water partition coefficient (Wildman–Crippen LogP) is 6.49. The third-order valence-corrected chi connectivity index (χ3v) is 6.28. The highest BCUT2D eigenvalue weighted by molar-refractivity contribution is 5.95. The molecule has 6 heteroatoms. The van der Waals surface area contributed by atoms with Gasteiger partial charge in [0.1, 0.15) is 5.69 Å². The van der Waals surface area contributed by atoms with Gasteiger partial charge in [-0.25, -0.2) is 4.98 Å². The van der Waals surface area contributed by atoms with E-state index < -0.39 is 17.9 Å². The van der Waals surface area contributed by atoms with Crippen molar-refractivity contribution in [2.24, 2.45) is 11.8 Å². The van der Waals surface area contributed by atoms with Gasteiger partial charge in [-0.3, -0.25) is 9.59 Å². The molecule has 0 aliphatic carbocycles. The molecule has 186 valence electrons. The molecule has 0 N–H and O–H groups in total. The summed E-state index contributed by atoms with van der Waals surface area (Å²) in [5.41, 5.74) is 2.95. The second kappa shape index (κ2) is 13.5. The Bertz CT molecular complexity index is 988. The molecule has 0 spiro atoms. The maximum Gasteiger partial charge on any atom is 0.320 e. The molecule has 1 unspecified atom stereocenters. The van der Waals surface area contributed by atoms with Gasteiger partial charge < -0.3 is 13.9 Å². The highest BCUT2D eigenvalue weighted by Crippen LogP contribution is 2.33. The molecular formula is C29H35NO5. The van der Waals surface area contributed by atoms with Crippen LogP contribution in [0.1, 0.15) is 51.3 Å². The molecule has 1 heterocycles. The van der Waals surface area contributed by atoms with Crippen molar-refractivity contribution in [3.05, 3.63) is 66.6 Å². The summed E-state index contributed by atoms with van der Waals surface area (Å²) in [6, 6.07) is 20.2. The fourth-order valence-electron chi connectivity index (χ4n) is 4.30.